The monoisotopic (exact) mass is 234 g/mol. The summed E-state index contributed by atoms with van der Waals surface area (Å²) in [5, 5.41) is 13.3. The van der Waals surface area contributed by atoms with E-state index in [-0.39, 0.29) is 5.54 Å². The highest BCUT2D eigenvalue weighted by Crippen LogP contribution is 2.37. The predicted octanol–water partition coefficient (Wildman–Crippen LogP) is 3.63. The summed E-state index contributed by atoms with van der Waals surface area (Å²) >= 11 is 0. The molecule has 96 valence electrons. The van der Waals surface area contributed by atoms with E-state index in [1.165, 1.54) is 44.9 Å². The number of nitriles is 1. The summed E-state index contributed by atoms with van der Waals surface area (Å²) in [5.74, 6) is 1.29. The first-order valence-corrected chi connectivity index (χ1v) is 7.35. The van der Waals surface area contributed by atoms with Crippen LogP contribution < -0.4 is 5.32 Å². The zero-order valence-corrected chi connectivity index (χ0v) is 11.3. The normalized spacial score (nSPS) is 39.8. The van der Waals surface area contributed by atoms with E-state index in [4.69, 9.17) is 0 Å². The molecule has 0 saturated heterocycles. The maximum absolute atomic E-state index is 9.62. The Morgan fingerprint density at radius 2 is 1.82 bits per heavy atom. The molecule has 3 unspecified atom stereocenters. The smallest absolute Gasteiger partial charge is 0.109 e. The molecule has 0 spiro atoms. The molecule has 17 heavy (non-hydrogen) atoms. The molecular weight excluding hydrogens is 208 g/mol. The van der Waals surface area contributed by atoms with Crippen LogP contribution in [-0.2, 0) is 0 Å². The van der Waals surface area contributed by atoms with Gasteiger partial charge in [-0.05, 0) is 43.9 Å². The van der Waals surface area contributed by atoms with Gasteiger partial charge in [0, 0.05) is 6.04 Å². The third-order valence-electron chi connectivity index (χ3n) is 4.90. The molecule has 0 aromatic carbocycles. The molecule has 0 bridgehead atoms. The van der Waals surface area contributed by atoms with Gasteiger partial charge in [-0.3, -0.25) is 5.32 Å². The summed E-state index contributed by atoms with van der Waals surface area (Å²) < 4.78 is 0. The molecule has 0 aromatic heterocycles. The molecule has 1 N–H and O–H groups in total. The minimum atomic E-state index is -0.228. The Morgan fingerprint density at radius 3 is 2.41 bits per heavy atom. The predicted molar refractivity (Wildman–Crippen MR) is 70.5 cm³/mol. The van der Waals surface area contributed by atoms with E-state index >= 15 is 0 Å². The zero-order chi connectivity index (χ0) is 12.3. The maximum Gasteiger partial charge on any atom is 0.109 e. The molecule has 0 aromatic rings. The van der Waals surface area contributed by atoms with Gasteiger partial charge in [0.1, 0.15) is 5.54 Å². The van der Waals surface area contributed by atoms with E-state index in [1.807, 2.05) is 0 Å². The lowest BCUT2D eigenvalue weighted by Gasteiger charge is -2.43. The topological polar surface area (TPSA) is 35.8 Å². The number of rotatable bonds is 2. The van der Waals surface area contributed by atoms with Crippen molar-refractivity contribution in [2.75, 3.05) is 0 Å². The molecule has 2 nitrogen and oxygen atoms in total. The van der Waals surface area contributed by atoms with Crippen LogP contribution in [0.15, 0.2) is 0 Å². The van der Waals surface area contributed by atoms with Crippen LogP contribution in [0.1, 0.15) is 65.2 Å². The van der Waals surface area contributed by atoms with Gasteiger partial charge in [-0.2, -0.15) is 5.26 Å². The van der Waals surface area contributed by atoms with Crippen LogP contribution in [0.3, 0.4) is 0 Å². The Hall–Kier alpha value is -0.550. The quantitative estimate of drug-likeness (QED) is 0.792. The van der Waals surface area contributed by atoms with Gasteiger partial charge in [-0.1, -0.05) is 33.1 Å². The first-order valence-electron chi connectivity index (χ1n) is 7.35. The Morgan fingerprint density at radius 1 is 1.12 bits per heavy atom. The second-order valence-corrected chi connectivity index (χ2v) is 6.34. The third-order valence-corrected chi connectivity index (χ3v) is 4.90. The van der Waals surface area contributed by atoms with Crippen molar-refractivity contribution < 1.29 is 0 Å². The molecule has 2 aliphatic rings. The first-order chi connectivity index (χ1) is 8.16. The second kappa shape index (κ2) is 5.40. The Balaban J connectivity index is 2.01. The van der Waals surface area contributed by atoms with Crippen molar-refractivity contribution in [1.82, 2.24) is 5.32 Å². The molecule has 2 heteroatoms. The van der Waals surface area contributed by atoms with Gasteiger partial charge in [0.15, 0.2) is 0 Å². The minimum Gasteiger partial charge on any atom is -0.296 e. The fourth-order valence-electron chi connectivity index (χ4n) is 3.67. The molecular formula is C15H26N2. The first kappa shape index (κ1) is 12.9. The lowest BCUT2D eigenvalue weighted by Crippen LogP contribution is -2.56. The van der Waals surface area contributed by atoms with Crippen LogP contribution in [-0.4, -0.2) is 11.6 Å². The summed E-state index contributed by atoms with van der Waals surface area (Å²) in [5.41, 5.74) is -0.228. The van der Waals surface area contributed by atoms with E-state index in [0.29, 0.717) is 12.0 Å². The summed E-state index contributed by atoms with van der Waals surface area (Å²) in [6.45, 7) is 4.58. The van der Waals surface area contributed by atoms with Crippen LogP contribution in [0.5, 0.6) is 0 Å². The van der Waals surface area contributed by atoms with Crippen LogP contribution in [0, 0.1) is 23.2 Å². The van der Waals surface area contributed by atoms with Gasteiger partial charge in [0.05, 0.1) is 6.07 Å². The fraction of sp³-hybridized carbons (Fsp3) is 0.933. The molecule has 0 amide bonds. The Kier molecular flexibility index (Phi) is 4.09. The van der Waals surface area contributed by atoms with Crippen molar-refractivity contribution in [2.24, 2.45) is 11.8 Å². The number of nitrogens with one attached hydrogen (secondary N) is 1. The summed E-state index contributed by atoms with van der Waals surface area (Å²) in [4.78, 5) is 0. The maximum atomic E-state index is 9.62. The van der Waals surface area contributed by atoms with Crippen molar-refractivity contribution >= 4 is 0 Å². The van der Waals surface area contributed by atoms with Crippen molar-refractivity contribution in [2.45, 2.75) is 76.8 Å². The lowest BCUT2D eigenvalue weighted by atomic mass is 9.70. The van der Waals surface area contributed by atoms with Crippen molar-refractivity contribution in [3.8, 4) is 6.07 Å². The molecule has 0 aliphatic heterocycles. The van der Waals surface area contributed by atoms with Crippen LogP contribution in [0.25, 0.3) is 0 Å². The standard InChI is InChI=1S/C15H26N2/c1-12-8-9-15(11-16,13(2)10-12)17-14-6-4-3-5-7-14/h12-14,17H,3-10H2,1-2H3. The molecule has 0 heterocycles. The van der Waals surface area contributed by atoms with E-state index in [0.717, 1.165) is 12.3 Å². The molecule has 3 atom stereocenters. The van der Waals surface area contributed by atoms with Gasteiger partial charge in [-0.15, -0.1) is 0 Å². The highest BCUT2D eigenvalue weighted by molar-refractivity contribution is 5.13. The second-order valence-electron chi connectivity index (χ2n) is 6.34. The SMILES string of the molecule is CC1CCC(C#N)(NC2CCCCC2)C(C)C1. The third kappa shape index (κ3) is 2.83. The number of hydrogen-bond acceptors (Lipinski definition) is 2. The largest absolute Gasteiger partial charge is 0.296 e. The Labute approximate surface area is 106 Å². The van der Waals surface area contributed by atoms with E-state index < -0.39 is 0 Å². The lowest BCUT2D eigenvalue weighted by molar-refractivity contribution is 0.147. The summed E-state index contributed by atoms with van der Waals surface area (Å²) in [6.07, 6.45) is 10.0. The van der Waals surface area contributed by atoms with Gasteiger partial charge in [-0.25, -0.2) is 0 Å². The minimum absolute atomic E-state index is 0.228. The van der Waals surface area contributed by atoms with Crippen molar-refractivity contribution in [3.63, 3.8) is 0 Å². The Bertz CT molecular complexity index is 288. The van der Waals surface area contributed by atoms with Gasteiger partial charge >= 0.3 is 0 Å². The average molecular weight is 234 g/mol. The van der Waals surface area contributed by atoms with Crippen LogP contribution >= 0.6 is 0 Å². The highest BCUT2D eigenvalue weighted by atomic mass is 15.0. The van der Waals surface area contributed by atoms with E-state index in [1.54, 1.807) is 0 Å². The number of nitrogens with zero attached hydrogens (tertiary/aromatic N) is 1. The van der Waals surface area contributed by atoms with Gasteiger partial charge < -0.3 is 0 Å². The van der Waals surface area contributed by atoms with Crippen molar-refractivity contribution in [3.05, 3.63) is 0 Å². The summed E-state index contributed by atoms with van der Waals surface area (Å²) in [6, 6.07) is 3.22. The van der Waals surface area contributed by atoms with E-state index in [9.17, 15) is 5.26 Å². The molecule has 2 saturated carbocycles. The van der Waals surface area contributed by atoms with Crippen LogP contribution in [0.2, 0.25) is 0 Å². The average Bonchev–Trinajstić information content (AvgIpc) is 2.34. The summed E-state index contributed by atoms with van der Waals surface area (Å²) in [7, 11) is 0. The fourth-order valence-corrected chi connectivity index (χ4v) is 3.67. The number of hydrogen-bond donors (Lipinski definition) is 1. The molecule has 0 radical (unpaired) electrons. The molecule has 2 fully saturated rings. The van der Waals surface area contributed by atoms with Gasteiger partial charge in [0.25, 0.3) is 0 Å². The molecule has 2 aliphatic carbocycles. The van der Waals surface area contributed by atoms with E-state index in [2.05, 4.69) is 25.2 Å². The zero-order valence-electron chi connectivity index (χ0n) is 11.3. The molecule has 2 rings (SSSR count). The van der Waals surface area contributed by atoms with Crippen molar-refractivity contribution in [1.29, 1.82) is 5.26 Å². The van der Waals surface area contributed by atoms with Gasteiger partial charge in [0.2, 0.25) is 0 Å². The van der Waals surface area contributed by atoms with Crippen LogP contribution in [0.4, 0.5) is 0 Å². The highest BCUT2D eigenvalue weighted by Gasteiger charge is 2.41.